The van der Waals surface area contributed by atoms with Crippen LogP contribution in [-0.2, 0) is 10.0 Å². The third-order valence-electron chi connectivity index (χ3n) is 4.49. The van der Waals surface area contributed by atoms with Gasteiger partial charge in [0.2, 0.25) is 0 Å². The van der Waals surface area contributed by atoms with E-state index >= 15 is 0 Å². The standard InChI is InChI=1S/C17H18N4O2S2/c1-3-12(2)20-11-21(25(22,23)15-9-6-10-24-15)17-16(20)18-13-7-4-5-8-14(13)19-17/h4-10,12H,3,11H2,1-2H3. The molecule has 0 N–H and O–H groups in total. The summed E-state index contributed by atoms with van der Waals surface area (Å²) in [7, 11) is -3.64. The number of sulfonamides is 1. The Labute approximate surface area is 150 Å². The molecule has 0 bridgehead atoms. The zero-order chi connectivity index (χ0) is 17.6. The third kappa shape index (κ3) is 2.56. The van der Waals surface area contributed by atoms with Crippen LogP contribution in [0.1, 0.15) is 20.3 Å². The Bertz CT molecular complexity index is 1020. The number of nitrogens with zero attached hydrogens (tertiary/aromatic N) is 4. The first kappa shape index (κ1) is 16.3. The number of anilines is 2. The first-order valence-corrected chi connectivity index (χ1v) is 10.4. The van der Waals surface area contributed by atoms with Gasteiger partial charge in [-0.1, -0.05) is 25.1 Å². The van der Waals surface area contributed by atoms with Crippen LogP contribution in [-0.4, -0.2) is 31.1 Å². The number of thiophene rings is 1. The number of aromatic nitrogens is 2. The topological polar surface area (TPSA) is 66.4 Å². The molecular weight excluding hydrogens is 356 g/mol. The number of rotatable bonds is 4. The van der Waals surface area contributed by atoms with E-state index in [1.165, 1.54) is 15.6 Å². The van der Waals surface area contributed by atoms with Crippen LogP contribution < -0.4 is 9.21 Å². The Morgan fingerprint density at radius 3 is 2.40 bits per heavy atom. The van der Waals surface area contributed by atoms with Crippen LogP contribution in [0, 0.1) is 0 Å². The second-order valence-electron chi connectivity index (χ2n) is 6.01. The molecular formula is C17H18N4O2S2. The Hall–Kier alpha value is -2.19. The highest BCUT2D eigenvalue weighted by Gasteiger charge is 2.39. The molecule has 3 heterocycles. The summed E-state index contributed by atoms with van der Waals surface area (Å²) in [5, 5.41) is 1.77. The van der Waals surface area contributed by atoms with E-state index in [9.17, 15) is 8.42 Å². The lowest BCUT2D eigenvalue weighted by atomic mass is 10.2. The van der Waals surface area contributed by atoms with Crippen LogP contribution in [0.4, 0.5) is 11.6 Å². The molecule has 1 aliphatic heterocycles. The molecule has 0 saturated heterocycles. The summed E-state index contributed by atoms with van der Waals surface area (Å²) in [6.07, 6.45) is 0.890. The molecule has 1 unspecified atom stereocenters. The number of hydrogen-bond donors (Lipinski definition) is 0. The molecule has 2 aromatic heterocycles. The minimum absolute atomic E-state index is 0.165. The van der Waals surface area contributed by atoms with Crippen molar-refractivity contribution in [3.63, 3.8) is 0 Å². The maximum absolute atomic E-state index is 13.1. The summed E-state index contributed by atoms with van der Waals surface area (Å²) < 4.78 is 27.9. The molecule has 0 radical (unpaired) electrons. The monoisotopic (exact) mass is 374 g/mol. The van der Waals surface area contributed by atoms with E-state index in [0.29, 0.717) is 21.4 Å². The average Bonchev–Trinajstić information content (AvgIpc) is 3.27. The van der Waals surface area contributed by atoms with Gasteiger partial charge in [0.05, 0.1) is 11.0 Å². The molecule has 130 valence electrons. The van der Waals surface area contributed by atoms with Crippen LogP contribution >= 0.6 is 11.3 Å². The Morgan fingerprint density at radius 1 is 1.12 bits per heavy atom. The van der Waals surface area contributed by atoms with E-state index in [4.69, 9.17) is 4.98 Å². The van der Waals surface area contributed by atoms with Crippen molar-refractivity contribution in [2.45, 2.75) is 30.5 Å². The van der Waals surface area contributed by atoms with Crippen molar-refractivity contribution in [3.05, 3.63) is 41.8 Å². The van der Waals surface area contributed by atoms with Crippen LogP contribution in [0.2, 0.25) is 0 Å². The molecule has 0 amide bonds. The van der Waals surface area contributed by atoms with Gasteiger partial charge in [0.25, 0.3) is 10.0 Å². The van der Waals surface area contributed by atoms with Crippen LogP contribution in [0.3, 0.4) is 0 Å². The Balaban J connectivity index is 1.91. The van der Waals surface area contributed by atoms with E-state index in [1.807, 2.05) is 29.2 Å². The zero-order valence-corrected chi connectivity index (χ0v) is 15.6. The first-order chi connectivity index (χ1) is 12.0. The fourth-order valence-corrected chi connectivity index (χ4v) is 5.36. The second kappa shape index (κ2) is 5.96. The summed E-state index contributed by atoms with van der Waals surface area (Å²) in [6.45, 7) is 4.39. The van der Waals surface area contributed by atoms with E-state index < -0.39 is 10.0 Å². The quantitative estimate of drug-likeness (QED) is 0.700. The van der Waals surface area contributed by atoms with E-state index in [1.54, 1.807) is 17.5 Å². The molecule has 8 heteroatoms. The molecule has 25 heavy (non-hydrogen) atoms. The van der Waals surface area contributed by atoms with Gasteiger partial charge >= 0.3 is 0 Å². The highest BCUT2D eigenvalue weighted by molar-refractivity contribution is 7.94. The number of benzene rings is 1. The maximum Gasteiger partial charge on any atom is 0.276 e. The van der Waals surface area contributed by atoms with Crippen molar-refractivity contribution >= 4 is 44.0 Å². The maximum atomic E-state index is 13.1. The lowest BCUT2D eigenvalue weighted by Gasteiger charge is -2.25. The lowest BCUT2D eigenvalue weighted by Crippen LogP contribution is -2.39. The second-order valence-corrected chi connectivity index (χ2v) is 9.05. The van der Waals surface area contributed by atoms with Crippen molar-refractivity contribution < 1.29 is 8.42 Å². The normalized spacial score (nSPS) is 15.6. The Kier molecular flexibility index (Phi) is 3.88. The SMILES string of the molecule is CCC(C)N1CN(S(=O)(=O)c2cccs2)c2nc3ccccc3nc21. The summed E-state index contributed by atoms with van der Waals surface area (Å²) in [6, 6.07) is 11.1. The minimum atomic E-state index is -3.64. The van der Waals surface area contributed by atoms with E-state index in [0.717, 1.165) is 11.9 Å². The zero-order valence-electron chi connectivity index (χ0n) is 14.0. The van der Waals surface area contributed by atoms with Gasteiger partial charge in [0, 0.05) is 6.04 Å². The summed E-state index contributed by atoms with van der Waals surface area (Å²) >= 11 is 1.21. The summed E-state index contributed by atoms with van der Waals surface area (Å²) in [5.74, 6) is 1.04. The fraction of sp³-hybridized carbons (Fsp3) is 0.294. The molecule has 0 aliphatic carbocycles. The molecule has 6 nitrogen and oxygen atoms in total. The van der Waals surface area contributed by atoms with Gasteiger partial charge in [-0.05, 0) is 36.9 Å². The third-order valence-corrected chi connectivity index (χ3v) is 7.58. The van der Waals surface area contributed by atoms with Gasteiger partial charge in [-0.15, -0.1) is 11.3 Å². The van der Waals surface area contributed by atoms with Gasteiger partial charge in [0.15, 0.2) is 11.6 Å². The number of hydrogen-bond acceptors (Lipinski definition) is 6. The number of para-hydroxylation sites is 2. The van der Waals surface area contributed by atoms with Crippen molar-refractivity contribution in [1.82, 2.24) is 9.97 Å². The van der Waals surface area contributed by atoms with Gasteiger partial charge in [-0.25, -0.2) is 22.7 Å². The van der Waals surface area contributed by atoms with Crippen molar-refractivity contribution in [1.29, 1.82) is 0 Å². The highest BCUT2D eigenvalue weighted by Crippen LogP contribution is 2.39. The minimum Gasteiger partial charge on any atom is -0.332 e. The molecule has 3 aromatic rings. The lowest BCUT2D eigenvalue weighted by molar-refractivity contribution is 0.586. The average molecular weight is 374 g/mol. The predicted molar refractivity (Wildman–Crippen MR) is 101 cm³/mol. The van der Waals surface area contributed by atoms with Gasteiger partial charge in [-0.2, -0.15) is 0 Å². The van der Waals surface area contributed by atoms with Crippen molar-refractivity contribution in [2.75, 3.05) is 15.9 Å². The molecule has 0 fully saturated rings. The molecule has 4 rings (SSSR count). The molecule has 0 spiro atoms. The first-order valence-electron chi connectivity index (χ1n) is 8.12. The highest BCUT2D eigenvalue weighted by atomic mass is 32.2. The molecule has 1 aromatic carbocycles. The van der Waals surface area contributed by atoms with Gasteiger partial charge in [0.1, 0.15) is 10.9 Å². The van der Waals surface area contributed by atoms with Crippen molar-refractivity contribution in [3.8, 4) is 0 Å². The largest absolute Gasteiger partial charge is 0.332 e. The molecule has 1 aliphatic rings. The van der Waals surface area contributed by atoms with Gasteiger partial charge < -0.3 is 4.90 Å². The fourth-order valence-electron chi connectivity index (χ4n) is 2.89. The van der Waals surface area contributed by atoms with Gasteiger partial charge in [-0.3, -0.25) is 0 Å². The van der Waals surface area contributed by atoms with Crippen LogP contribution in [0.15, 0.2) is 46.0 Å². The van der Waals surface area contributed by atoms with Crippen molar-refractivity contribution in [2.24, 2.45) is 0 Å². The predicted octanol–water partition coefficient (Wildman–Crippen LogP) is 3.46. The van der Waals surface area contributed by atoms with Crippen LogP contribution in [0.25, 0.3) is 11.0 Å². The Morgan fingerprint density at radius 2 is 1.80 bits per heavy atom. The van der Waals surface area contributed by atoms with Crippen LogP contribution in [0.5, 0.6) is 0 Å². The van der Waals surface area contributed by atoms with E-state index in [2.05, 4.69) is 18.8 Å². The van der Waals surface area contributed by atoms with E-state index in [-0.39, 0.29) is 12.7 Å². The molecule has 1 atom stereocenters. The number of fused-ring (bicyclic) bond motifs is 2. The summed E-state index contributed by atoms with van der Waals surface area (Å²) in [4.78, 5) is 11.4. The summed E-state index contributed by atoms with van der Waals surface area (Å²) in [5.41, 5.74) is 1.46. The molecule has 0 saturated carbocycles. The smallest absolute Gasteiger partial charge is 0.276 e.